The van der Waals surface area contributed by atoms with Crippen LogP contribution in [0.5, 0.6) is 0 Å². The van der Waals surface area contributed by atoms with Gasteiger partial charge in [0.2, 0.25) is 0 Å². The zero-order valence-corrected chi connectivity index (χ0v) is 6.88. The van der Waals surface area contributed by atoms with Gasteiger partial charge in [-0.2, -0.15) is 0 Å². The van der Waals surface area contributed by atoms with Crippen molar-refractivity contribution in [2.75, 3.05) is 0 Å². The SMILES string of the molecule is C1=NC2=NC3=C(CCC3)CC2=C1. The third kappa shape index (κ3) is 0.750. The Labute approximate surface area is 71.4 Å². The molecule has 12 heavy (non-hydrogen) atoms. The maximum Gasteiger partial charge on any atom is 0.155 e. The summed E-state index contributed by atoms with van der Waals surface area (Å²) in [5.41, 5.74) is 4.19. The second-order valence-corrected chi connectivity index (χ2v) is 3.49. The molecule has 0 bridgehead atoms. The van der Waals surface area contributed by atoms with E-state index in [-0.39, 0.29) is 0 Å². The van der Waals surface area contributed by atoms with Crippen molar-refractivity contribution in [2.24, 2.45) is 9.98 Å². The number of aliphatic imine (C=N–C) groups is 2. The predicted molar refractivity (Wildman–Crippen MR) is 49.5 cm³/mol. The second-order valence-electron chi connectivity index (χ2n) is 3.49. The van der Waals surface area contributed by atoms with Crippen LogP contribution in [0.25, 0.3) is 0 Å². The van der Waals surface area contributed by atoms with Crippen molar-refractivity contribution in [1.82, 2.24) is 0 Å². The molecule has 0 saturated heterocycles. The zero-order chi connectivity index (χ0) is 7.97. The fourth-order valence-electron chi connectivity index (χ4n) is 2.07. The largest absolute Gasteiger partial charge is 0.237 e. The molecule has 0 saturated carbocycles. The van der Waals surface area contributed by atoms with Crippen LogP contribution in [-0.2, 0) is 0 Å². The summed E-state index contributed by atoms with van der Waals surface area (Å²) in [6, 6.07) is 0. The summed E-state index contributed by atoms with van der Waals surface area (Å²) in [5.74, 6) is 0.968. The number of hydrogen-bond donors (Lipinski definition) is 0. The molecule has 2 heteroatoms. The summed E-state index contributed by atoms with van der Waals surface area (Å²) in [7, 11) is 0. The highest BCUT2D eigenvalue weighted by atomic mass is 14.9. The summed E-state index contributed by atoms with van der Waals surface area (Å²) >= 11 is 0. The number of amidine groups is 1. The van der Waals surface area contributed by atoms with E-state index < -0.39 is 0 Å². The molecule has 3 rings (SSSR count). The van der Waals surface area contributed by atoms with Gasteiger partial charge in [0, 0.05) is 17.5 Å². The lowest BCUT2D eigenvalue weighted by Crippen LogP contribution is -2.03. The number of rotatable bonds is 0. The Hall–Kier alpha value is -1.18. The monoisotopic (exact) mass is 158 g/mol. The van der Waals surface area contributed by atoms with Crippen molar-refractivity contribution >= 4 is 12.1 Å². The molecule has 60 valence electrons. The standard InChI is InChI=1S/C10H10N2/c1-2-7-6-8-4-5-11-10(8)12-9(7)3-1/h4-5H,1-3,6H2. The molecular weight excluding hydrogens is 148 g/mol. The van der Waals surface area contributed by atoms with Crippen LogP contribution in [0.2, 0.25) is 0 Å². The van der Waals surface area contributed by atoms with Crippen molar-refractivity contribution in [1.29, 1.82) is 0 Å². The van der Waals surface area contributed by atoms with Gasteiger partial charge in [0.05, 0.1) is 0 Å². The van der Waals surface area contributed by atoms with Crippen LogP contribution in [0, 0.1) is 0 Å². The first-order valence-electron chi connectivity index (χ1n) is 4.47. The van der Waals surface area contributed by atoms with Crippen LogP contribution in [0.3, 0.4) is 0 Å². The molecule has 2 aliphatic heterocycles. The van der Waals surface area contributed by atoms with E-state index in [9.17, 15) is 0 Å². The van der Waals surface area contributed by atoms with Crippen LogP contribution in [0.15, 0.2) is 32.9 Å². The van der Waals surface area contributed by atoms with Crippen molar-refractivity contribution in [2.45, 2.75) is 25.7 Å². The lowest BCUT2D eigenvalue weighted by Gasteiger charge is -2.11. The molecule has 0 atom stereocenters. The molecule has 2 heterocycles. The van der Waals surface area contributed by atoms with Crippen molar-refractivity contribution in [3.8, 4) is 0 Å². The van der Waals surface area contributed by atoms with E-state index in [4.69, 9.17) is 0 Å². The Kier molecular flexibility index (Phi) is 1.14. The van der Waals surface area contributed by atoms with Crippen LogP contribution in [0.4, 0.5) is 0 Å². The molecule has 0 aromatic rings. The molecule has 2 nitrogen and oxygen atoms in total. The van der Waals surface area contributed by atoms with Crippen LogP contribution < -0.4 is 0 Å². The Bertz CT molecular complexity index is 356. The van der Waals surface area contributed by atoms with Gasteiger partial charge in [0.1, 0.15) is 0 Å². The lowest BCUT2D eigenvalue weighted by molar-refractivity contribution is 0.883. The maximum atomic E-state index is 4.54. The molecule has 0 amide bonds. The minimum atomic E-state index is 0.968. The van der Waals surface area contributed by atoms with Gasteiger partial charge in [-0.05, 0) is 37.3 Å². The quantitative estimate of drug-likeness (QED) is 0.516. The molecule has 3 aliphatic rings. The molecule has 0 fully saturated rings. The highest BCUT2D eigenvalue weighted by Gasteiger charge is 2.23. The van der Waals surface area contributed by atoms with Gasteiger partial charge in [-0.15, -0.1) is 0 Å². The first-order chi connectivity index (χ1) is 5.93. The van der Waals surface area contributed by atoms with Crippen molar-refractivity contribution in [3.05, 3.63) is 22.9 Å². The summed E-state index contributed by atoms with van der Waals surface area (Å²) < 4.78 is 0. The van der Waals surface area contributed by atoms with Crippen LogP contribution in [-0.4, -0.2) is 12.1 Å². The lowest BCUT2D eigenvalue weighted by atomic mass is 10.0. The van der Waals surface area contributed by atoms with Gasteiger partial charge in [0.15, 0.2) is 5.84 Å². The van der Waals surface area contributed by atoms with E-state index >= 15 is 0 Å². The Morgan fingerprint density at radius 1 is 1.25 bits per heavy atom. The van der Waals surface area contributed by atoms with Gasteiger partial charge in [0.25, 0.3) is 0 Å². The average molecular weight is 158 g/mol. The third-order valence-corrected chi connectivity index (χ3v) is 2.70. The molecule has 0 unspecified atom stereocenters. The highest BCUT2D eigenvalue weighted by molar-refractivity contribution is 6.12. The molecule has 0 radical (unpaired) electrons. The van der Waals surface area contributed by atoms with Crippen molar-refractivity contribution in [3.63, 3.8) is 0 Å². The Balaban J connectivity index is 2.08. The second kappa shape index (κ2) is 2.16. The molecule has 0 N–H and O–H groups in total. The van der Waals surface area contributed by atoms with Crippen LogP contribution >= 0.6 is 0 Å². The number of nitrogens with zero attached hydrogens (tertiary/aromatic N) is 2. The summed E-state index contributed by atoms with van der Waals surface area (Å²) in [6.07, 6.45) is 8.76. The molecule has 1 aliphatic carbocycles. The van der Waals surface area contributed by atoms with E-state index in [1.807, 2.05) is 6.21 Å². The van der Waals surface area contributed by atoms with Gasteiger partial charge in [-0.3, -0.25) is 0 Å². The van der Waals surface area contributed by atoms with E-state index in [0.717, 1.165) is 12.3 Å². The first-order valence-corrected chi connectivity index (χ1v) is 4.47. The third-order valence-electron chi connectivity index (χ3n) is 2.70. The molecular formula is C10H10N2. The van der Waals surface area contributed by atoms with Gasteiger partial charge in [-0.1, -0.05) is 0 Å². The fourth-order valence-corrected chi connectivity index (χ4v) is 2.07. The minimum absolute atomic E-state index is 0.968. The van der Waals surface area contributed by atoms with E-state index in [2.05, 4.69) is 16.1 Å². The molecule has 0 aromatic carbocycles. The summed E-state index contributed by atoms with van der Waals surface area (Å²) in [4.78, 5) is 8.75. The predicted octanol–water partition coefficient (Wildman–Crippen LogP) is 2.24. The van der Waals surface area contributed by atoms with E-state index in [1.54, 1.807) is 5.57 Å². The van der Waals surface area contributed by atoms with Crippen LogP contribution in [0.1, 0.15) is 25.7 Å². The van der Waals surface area contributed by atoms with E-state index in [1.165, 1.54) is 30.5 Å². The maximum absolute atomic E-state index is 4.54. The summed E-state index contributed by atoms with van der Waals surface area (Å²) in [5, 5.41) is 0. The van der Waals surface area contributed by atoms with Gasteiger partial charge in [-0.25, -0.2) is 9.98 Å². The zero-order valence-electron chi connectivity index (χ0n) is 6.88. The van der Waals surface area contributed by atoms with Crippen molar-refractivity contribution < 1.29 is 0 Å². The fraction of sp³-hybridized carbons (Fsp3) is 0.400. The van der Waals surface area contributed by atoms with Gasteiger partial charge < -0.3 is 0 Å². The highest BCUT2D eigenvalue weighted by Crippen LogP contribution is 2.36. The Morgan fingerprint density at radius 3 is 3.25 bits per heavy atom. The van der Waals surface area contributed by atoms with E-state index in [0.29, 0.717) is 0 Å². The number of hydrogen-bond acceptors (Lipinski definition) is 2. The molecule has 0 aromatic heterocycles. The Morgan fingerprint density at radius 2 is 2.25 bits per heavy atom. The molecule has 0 spiro atoms. The smallest absolute Gasteiger partial charge is 0.155 e. The average Bonchev–Trinajstić information content (AvgIpc) is 2.64. The first kappa shape index (κ1) is 6.35. The summed E-state index contributed by atoms with van der Waals surface area (Å²) in [6.45, 7) is 0. The normalized spacial score (nSPS) is 25.3. The number of fused-ring (bicyclic) bond motifs is 1. The topological polar surface area (TPSA) is 24.7 Å². The van der Waals surface area contributed by atoms with Gasteiger partial charge >= 0.3 is 0 Å². The minimum Gasteiger partial charge on any atom is -0.237 e. The number of allylic oxidation sites excluding steroid dienone is 3.